The number of aromatic amines is 1. The summed E-state index contributed by atoms with van der Waals surface area (Å²) in [6.07, 6.45) is 3.27. The van der Waals surface area contributed by atoms with Gasteiger partial charge in [-0.2, -0.15) is 5.10 Å². The molecule has 1 N–H and O–H groups in total. The summed E-state index contributed by atoms with van der Waals surface area (Å²) in [6.45, 7) is 2.44. The van der Waals surface area contributed by atoms with Crippen LogP contribution in [0.3, 0.4) is 0 Å². The van der Waals surface area contributed by atoms with Gasteiger partial charge in [0.25, 0.3) is 0 Å². The van der Waals surface area contributed by atoms with Crippen LogP contribution in [0.1, 0.15) is 17.3 Å². The largest absolute Gasteiger partial charge is 0.378 e. The molecule has 1 atom stereocenters. The van der Waals surface area contributed by atoms with Crippen LogP contribution in [-0.4, -0.2) is 56.1 Å². The fourth-order valence-corrected chi connectivity index (χ4v) is 3.74. The van der Waals surface area contributed by atoms with Gasteiger partial charge in [0.15, 0.2) is 9.84 Å². The maximum atomic E-state index is 13.0. The van der Waals surface area contributed by atoms with Gasteiger partial charge in [-0.15, -0.1) is 0 Å². The van der Waals surface area contributed by atoms with Crippen LogP contribution >= 0.6 is 0 Å². The quantitative estimate of drug-likeness (QED) is 0.883. The van der Waals surface area contributed by atoms with E-state index in [-0.39, 0.29) is 16.8 Å². The number of nitrogens with zero attached hydrogens (tertiary/aromatic N) is 2. The smallest absolute Gasteiger partial charge is 0.178 e. The van der Waals surface area contributed by atoms with Crippen LogP contribution in [0, 0.1) is 5.82 Å². The Morgan fingerprint density at radius 3 is 2.83 bits per heavy atom. The van der Waals surface area contributed by atoms with Crippen LogP contribution in [-0.2, 0) is 21.0 Å². The Morgan fingerprint density at radius 2 is 2.12 bits per heavy atom. The lowest BCUT2D eigenvalue weighted by Gasteiger charge is -2.35. The molecule has 2 aromatic rings. The summed E-state index contributed by atoms with van der Waals surface area (Å²) in [5.74, 6) is -0.252. The summed E-state index contributed by atoms with van der Waals surface area (Å²) in [6, 6.07) is 6.24. The molecular weight excluding hydrogens is 333 g/mol. The molecular formula is C16H20FN3O3S. The highest BCUT2D eigenvalue weighted by Crippen LogP contribution is 2.27. The predicted octanol–water partition coefficient (Wildman–Crippen LogP) is 1.57. The number of ether oxygens (including phenoxy) is 1. The van der Waals surface area contributed by atoms with Crippen molar-refractivity contribution in [2.75, 3.05) is 32.6 Å². The lowest BCUT2D eigenvalue weighted by molar-refractivity contribution is -0.0104. The summed E-state index contributed by atoms with van der Waals surface area (Å²) in [5, 5.41) is 6.72. The van der Waals surface area contributed by atoms with Gasteiger partial charge in [0.05, 0.1) is 31.1 Å². The van der Waals surface area contributed by atoms with Crippen molar-refractivity contribution in [1.29, 1.82) is 0 Å². The number of H-pyrrole nitrogens is 1. The van der Waals surface area contributed by atoms with Gasteiger partial charge >= 0.3 is 0 Å². The number of sulfone groups is 1. The average molecular weight is 353 g/mol. The van der Waals surface area contributed by atoms with E-state index in [1.54, 1.807) is 12.1 Å². The van der Waals surface area contributed by atoms with Crippen molar-refractivity contribution in [1.82, 2.24) is 15.1 Å². The Labute approximate surface area is 140 Å². The zero-order valence-corrected chi connectivity index (χ0v) is 14.2. The van der Waals surface area contributed by atoms with E-state index < -0.39 is 9.84 Å². The fourth-order valence-electron chi connectivity index (χ4n) is 2.91. The number of halogens is 1. The third-order valence-electron chi connectivity index (χ3n) is 4.21. The molecule has 1 saturated heterocycles. The van der Waals surface area contributed by atoms with E-state index in [0.29, 0.717) is 25.5 Å². The maximum absolute atomic E-state index is 13.0. The van der Waals surface area contributed by atoms with Crippen LogP contribution in [0.5, 0.6) is 0 Å². The van der Waals surface area contributed by atoms with Gasteiger partial charge in [-0.05, 0) is 24.1 Å². The minimum absolute atomic E-state index is 0.188. The van der Waals surface area contributed by atoms with E-state index in [2.05, 4.69) is 15.1 Å². The van der Waals surface area contributed by atoms with E-state index in [4.69, 9.17) is 4.74 Å². The minimum atomic E-state index is -3.35. The molecule has 1 aromatic carbocycles. The van der Waals surface area contributed by atoms with Crippen molar-refractivity contribution in [3.05, 3.63) is 47.5 Å². The molecule has 1 aliphatic heterocycles. The zero-order valence-electron chi connectivity index (χ0n) is 13.4. The number of nitrogens with one attached hydrogen (secondary N) is 1. The molecule has 130 valence electrons. The zero-order chi connectivity index (χ0) is 17.2. The topological polar surface area (TPSA) is 75.3 Å². The highest BCUT2D eigenvalue weighted by molar-refractivity contribution is 7.90. The molecule has 3 rings (SSSR count). The minimum Gasteiger partial charge on any atom is -0.378 e. The Bertz CT molecular complexity index is 789. The lowest BCUT2D eigenvalue weighted by Crippen LogP contribution is -2.41. The molecule has 24 heavy (non-hydrogen) atoms. The molecule has 0 bridgehead atoms. The first-order valence-corrected chi connectivity index (χ1v) is 9.64. The molecule has 1 aliphatic rings. The van der Waals surface area contributed by atoms with Gasteiger partial charge in [0.1, 0.15) is 10.7 Å². The number of hydrogen-bond donors (Lipinski definition) is 1. The molecule has 0 radical (unpaired) electrons. The Morgan fingerprint density at radius 1 is 1.38 bits per heavy atom. The first-order chi connectivity index (χ1) is 11.4. The van der Waals surface area contributed by atoms with E-state index >= 15 is 0 Å². The van der Waals surface area contributed by atoms with E-state index in [1.807, 2.05) is 0 Å². The molecule has 1 aromatic heterocycles. The van der Waals surface area contributed by atoms with Crippen molar-refractivity contribution in [3.8, 4) is 0 Å². The van der Waals surface area contributed by atoms with Crippen LogP contribution in [0.25, 0.3) is 0 Å². The monoisotopic (exact) mass is 353 g/mol. The molecule has 2 heterocycles. The van der Waals surface area contributed by atoms with Gasteiger partial charge in [-0.25, -0.2) is 12.8 Å². The molecule has 0 spiro atoms. The van der Waals surface area contributed by atoms with Crippen LogP contribution in [0.4, 0.5) is 4.39 Å². The van der Waals surface area contributed by atoms with Gasteiger partial charge < -0.3 is 4.74 Å². The second kappa shape index (κ2) is 7.00. The standard InChI is InChI=1S/C16H20FN3O3S/c1-24(21,22)15-10-18-19-16(15)14-11-23-9-8-20(14)7-6-12-2-4-13(17)5-3-12/h2-5,10,14H,6-9,11H2,1H3,(H,18,19)/t14-/m1/s1. The van der Waals surface area contributed by atoms with Crippen LogP contribution in [0.15, 0.2) is 35.4 Å². The van der Waals surface area contributed by atoms with Crippen molar-refractivity contribution in [3.63, 3.8) is 0 Å². The highest BCUT2D eigenvalue weighted by atomic mass is 32.2. The normalized spacial score (nSPS) is 19.5. The molecule has 0 amide bonds. The van der Waals surface area contributed by atoms with E-state index in [9.17, 15) is 12.8 Å². The first kappa shape index (κ1) is 17.1. The summed E-state index contributed by atoms with van der Waals surface area (Å²) in [7, 11) is -3.35. The van der Waals surface area contributed by atoms with Crippen molar-refractivity contribution in [2.24, 2.45) is 0 Å². The molecule has 6 nitrogen and oxygen atoms in total. The highest BCUT2D eigenvalue weighted by Gasteiger charge is 2.30. The number of morpholine rings is 1. The van der Waals surface area contributed by atoms with Gasteiger partial charge in [0.2, 0.25) is 0 Å². The molecule has 0 unspecified atom stereocenters. The molecule has 1 fully saturated rings. The van der Waals surface area contributed by atoms with Crippen molar-refractivity contribution >= 4 is 9.84 Å². The SMILES string of the molecule is CS(=O)(=O)c1cn[nH]c1[C@H]1COCCN1CCc1ccc(F)cc1. The molecule has 0 aliphatic carbocycles. The van der Waals surface area contributed by atoms with Crippen molar-refractivity contribution in [2.45, 2.75) is 17.4 Å². The summed E-state index contributed by atoms with van der Waals surface area (Å²) in [4.78, 5) is 2.39. The Kier molecular flexibility index (Phi) is 4.98. The second-order valence-corrected chi connectivity index (χ2v) is 7.91. The first-order valence-electron chi connectivity index (χ1n) is 7.75. The van der Waals surface area contributed by atoms with E-state index in [1.165, 1.54) is 24.6 Å². The van der Waals surface area contributed by atoms with Crippen LogP contribution < -0.4 is 0 Å². The number of benzene rings is 1. The summed E-state index contributed by atoms with van der Waals surface area (Å²) in [5.41, 5.74) is 1.60. The number of aromatic nitrogens is 2. The Balaban J connectivity index is 1.76. The number of hydrogen-bond acceptors (Lipinski definition) is 5. The van der Waals surface area contributed by atoms with Gasteiger partial charge in [0, 0.05) is 19.3 Å². The van der Waals surface area contributed by atoms with Crippen molar-refractivity contribution < 1.29 is 17.5 Å². The fraction of sp³-hybridized carbons (Fsp3) is 0.438. The molecule has 8 heteroatoms. The second-order valence-electron chi connectivity index (χ2n) is 5.92. The Hall–Kier alpha value is -1.77. The maximum Gasteiger partial charge on any atom is 0.178 e. The summed E-state index contributed by atoms with van der Waals surface area (Å²) < 4.78 is 42.4. The third kappa shape index (κ3) is 3.82. The number of rotatable bonds is 5. The third-order valence-corrected chi connectivity index (χ3v) is 5.33. The van der Waals surface area contributed by atoms with Gasteiger partial charge in [-0.3, -0.25) is 10.00 Å². The average Bonchev–Trinajstić information content (AvgIpc) is 3.04. The predicted molar refractivity (Wildman–Crippen MR) is 86.9 cm³/mol. The van der Waals surface area contributed by atoms with Gasteiger partial charge in [-0.1, -0.05) is 12.1 Å². The van der Waals surface area contributed by atoms with E-state index in [0.717, 1.165) is 18.5 Å². The van der Waals surface area contributed by atoms with Crippen LogP contribution in [0.2, 0.25) is 0 Å². The molecule has 0 saturated carbocycles. The summed E-state index contributed by atoms with van der Waals surface area (Å²) >= 11 is 0. The lowest BCUT2D eigenvalue weighted by atomic mass is 10.1.